The molecule has 1 amide bonds. The van der Waals surface area contributed by atoms with Crippen molar-refractivity contribution in [2.45, 2.75) is 45.8 Å². The molecule has 5 heteroatoms. The fourth-order valence-corrected chi connectivity index (χ4v) is 2.23. The molecule has 0 saturated carbocycles. The molecule has 1 aliphatic heterocycles. The predicted octanol–water partition coefficient (Wildman–Crippen LogP) is 3.81. The number of anilines is 1. The van der Waals surface area contributed by atoms with Crippen LogP contribution in [0.2, 0.25) is 0 Å². The van der Waals surface area contributed by atoms with Crippen LogP contribution >= 0.6 is 0 Å². The van der Waals surface area contributed by atoms with Crippen LogP contribution in [0.1, 0.15) is 40.2 Å². The van der Waals surface area contributed by atoms with Crippen molar-refractivity contribution in [3.8, 4) is 5.75 Å². The first-order valence-corrected chi connectivity index (χ1v) is 7.50. The normalized spacial score (nSPS) is 15.8. The van der Waals surface area contributed by atoms with Gasteiger partial charge in [0, 0.05) is 24.3 Å². The van der Waals surface area contributed by atoms with Crippen LogP contribution in [0.3, 0.4) is 0 Å². The number of carbonyl (C=O) groups excluding carboxylic acids is 2. The van der Waals surface area contributed by atoms with E-state index in [1.54, 1.807) is 19.2 Å². The number of carbonyl (C=O) groups is 2. The average molecular weight is 317 g/mol. The second kappa shape index (κ2) is 5.72. The fourth-order valence-electron chi connectivity index (χ4n) is 2.23. The largest absolute Gasteiger partial charge is 0.482 e. The summed E-state index contributed by atoms with van der Waals surface area (Å²) in [6, 6.07) is 5.40. The molecule has 0 spiro atoms. The number of ether oxygens (including phenoxy) is 2. The summed E-state index contributed by atoms with van der Waals surface area (Å²) in [6.45, 7) is 9.13. The summed E-state index contributed by atoms with van der Waals surface area (Å²) in [6.07, 6.45) is 2.18. The van der Waals surface area contributed by atoms with Gasteiger partial charge in [-0.25, -0.2) is 4.79 Å². The Labute approximate surface area is 136 Å². The van der Waals surface area contributed by atoms with Gasteiger partial charge in [0.15, 0.2) is 0 Å². The lowest BCUT2D eigenvalue weighted by Gasteiger charge is -2.32. The number of hydrogen-bond donors (Lipinski definition) is 0. The molecule has 0 unspecified atom stereocenters. The molecule has 0 fully saturated rings. The first-order chi connectivity index (χ1) is 10.5. The van der Waals surface area contributed by atoms with E-state index in [-0.39, 0.29) is 0 Å². The zero-order valence-electron chi connectivity index (χ0n) is 14.5. The second-order valence-corrected chi connectivity index (χ2v) is 7.09. The van der Waals surface area contributed by atoms with E-state index in [4.69, 9.17) is 9.47 Å². The van der Waals surface area contributed by atoms with Crippen molar-refractivity contribution in [2.24, 2.45) is 0 Å². The van der Waals surface area contributed by atoms with E-state index in [0.29, 0.717) is 17.0 Å². The molecule has 124 valence electrons. The van der Waals surface area contributed by atoms with Gasteiger partial charge in [-0.15, -0.1) is 0 Å². The number of aldehydes is 1. The molecule has 0 saturated heterocycles. The standard InChI is InChI=1S/C18H23NO4/c1-17(2,3)23-16(21)19(6)14-8-7-12-9-13(11-20)18(4,5)22-15(12)10-14/h7-11H,1-6H3. The molecule has 1 aliphatic rings. The van der Waals surface area contributed by atoms with E-state index in [1.165, 1.54) is 4.90 Å². The summed E-state index contributed by atoms with van der Waals surface area (Å²) in [7, 11) is 1.65. The lowest BCUT2D eigenvalue weighted by molar-refractivity contribution is -0.106. The molecule has 5 nitrogen and oxygen atoms in total. The van der Waals surface area contributed by atoms with Crippen molar-refractivity contribution >= 4 is 24.1 Å². The van der Waals surface area contributed by atoms with Gasteiger partial charge in [-0.05, 0) is 52.8 Å². The molecule has 1 aromatic rings. The third-order valence-electron chi connectivity index (χ3n) is 3.55. The van der Waals surface area contributed by atoms with E-state index in [9.17, 15) is 9.59 Å². The Morgan fingerprint density at radius 3 is 2.52 bits per heavy atom. The Hall–Kier alpha value is -2.30. The number of nitrogens with zero attached hydrogens (tertiary/aromatic N) is 1. The summed E-state index contributed by atoms with van der Waals surface area (Å²) in [5.41, 5.74) is 0.806. The minimum atomic E-state index is -0.697. The molecule has 2 rings (SSSR count). The van der Waals surface area contributed by atoms with Crippen molar-refractivity contribution in [1.82, 2.24) is 0 Å². The highest BCUT2D eigenvalue weighted by molar-refractivity contribution is 5.90. The first kappa shape index (κ1) is 17.1. The van der Waals surface area contributed by atoms with Gasteiger partial charge in [0.1, 0.15) is 23.2 Å². The highest BCUT2D eigenvalue weighted by atomic mass is 16.6. The van der Waals surface area contributed by atoms with E-state index < -0.39 is 17.3 Å². The first-order valence-electron chi connectivity index (χ1n) is 7.50. The molecule has 0 bridgehead atoms. The van der Waals surface area contributed by atoms with Crippen LogP contribution < -0.4 is 9.64 Å². The Morgan fingerprint density at radius 1 is 1.30 bits per heavy atom. The Bertz CT molecular complexity index is 668. The molecular formula is C18H23NO4. The molecule has 1 aromatic carbocycles. The van der Waals surface area contributed by atoms with E-state index >= 15 is 0 Å². The molecular weight excluding hydrogens is 294 g/mol. The fraction of sp³-hybridized carbons (Fsp3) is 0.444. The third kappa shape index (κ3) is 3.73. The maximum atomic E-state index is 12.2. The molecule has 0 aliphatic carbocycles. The molecule has 0 radical (unpaired) electrons. The Balaban J connectivity index is 2.31. The lowest BCUT2D eigenvalue weighted by Crippen LogP contribution is -2.35. The van der Waals surface area contributed by atoms with Gasteiger partial charge in [-0.3, -0.25) is 9.69 Å². The van der Waals surface area contributed by atoms with Gasteiger partial charge in [0.05, 0.1) is 5.69 Å². The highest BCUT2D eigenvalue weighted by Crippen LogP contribution is 2.37. The van der Waals surface area contributed by atoms with Crippen molar-refractivity contribution < 1.29 is 19.1 Å². The van der Waals surface area contributed by atoms with Crippen molar-refractivity contribution in [3.63, 3.8) is 0 Å². The Kier molecular flexibility index (Phi) is 4.24. The van der Waals surface area contributed by atoms with E-state index in [2.05, 4.69) is 0 Å². The van der Waals surface area contributed by atoms with Crippen LogP contribution in [0, 0.1) is 0 Å². The van der Waals surface area contributed by atoms with Gasteiger partial charge in [0.2, 0.25) is 0 Å². The zero-order chi connectivity index (χ0) is 17.4. The second-order valence-electron chi connectivity index (χ2n) is 7.09. The molecule has 0 N–H and O–H groups in total. The summed E-state index contributed by atoms with van der Waals surface area (Å²) in [4.78, 5) is 24.8. The SMILES string of the molecule is CN(C(=O)OC(C)(C)C)c1ccc2c(c1)OC(C)(C)C(C=O)=C2. The van der Waals surface area contributed by atoms with Crippen LogP contribution in [-0.4, -0.2) is 30.6 Å². The number of rotatable bonds is 2. The van der Waals surface area contributed by atoms with Gasteiger partial charge in [-0.1, -0.05) is 0 Å². The van der Waals surface area contributed by atoms with Crippen LogP contribution in [0.4, 0.5) is 10.5 Å². The molecule has 23 heavy (non-hydrogen) atoms. The topological polar surface area (TPSA) is 55.8 Å². The maximum absolute atomic E-state index is 12.2. The van der Waals surface area contributed by atoms with Crippen LogP contribution in [0.5, 0.6) is 5.75 Å². The number of benzene rings is 1. The number of fused-ring (bicyclic) bond motifs is 1. The lowest BCUT2D eigenvalue weighted by atomic mass is 9.93. The van der Waals surface area contributed by atoms with Gasteiger partial charge < -0.3 is 9.47 Å². The molecule has 1 heterocycles. The monoisotopic (exact) mass is 317 g/mol. The summed E-state index contributed by atoms with van der Waals surface area (Å²) in [5, 5.41) is 0. The van der Waals surface area contributed by atoms with E-state index in [1.807, 2.05) is 46.8 Å². The van der Waals surface area contributed by atoms with Gasteiger partial charge in [0.25, 0.3) is 0 Å². The van der Waals surface area contributed by atoms with Gasteiger partial charge >= 0.3 is 6.09 Å². The third-order valence-corrected chi connectivity index (χ3v) is 3.55. The Morgan fingerprint density at radius 2 is 1.96 bits per heavy atom. The number of amides is 1. The van der Waals surface area contributed by atoms with Crippen molar-refractivity contribution in [2.75, 3.05) is 11.9 Å². The predicted molar refractivity (Wildman–Crippen MR) is 89.8 cm³/mol. The van der Waals surface area contributed by atoms with Gasteiger partial charge in [-0.2, -0.15) is 0 Å². The maximum Gasteiger partial charge on any atom is 0.414 e. The minimum absolute atomic E-state index is 0.434. The summed E-state index contributed by atoms with van der Waals surface area (Å²) >= 11 is 0. The van der Waals surface area contributed by atoms with Crippen molar-refractivity contribution in [3.05, 3.63) is 29.3 Å². The van der Waals surface area contributed by atoms with Crippen LogP contribution in [0.15, 0.2) is 23.8 Å². The quantitative estimate of drug-likeness (QED) is 0.778. The van der Waals surface area contributed by atoms with Crippen molar-refractivity contribution in [1.29, 1.82) is 0 Å². The zero-order valence-corrected chi connectivity index (χ0v) is 14.5. The smallest absolute Gasteiger partial charge is 0.414 e. The van der Waals surface area contributed by atoms with Crippen LogP contribution in [-0.2, 0) is 9.53 Å². The van der Waals surface area contributed by atoms with E-state index in [0.717, 1.165) is 11.8 Å². The molecule has 0 atom stereocenters. The number of hydrogen-bond acceptors (Lipinski definition) is 4. The summed E-state index contributed by atoms with van der Waals surface area (Å²) < 4.78 is 11.3. The summed E-state index contributed by atoms with van der Waals surface area (Å²) in [5.74, 6) is 0.633. The van der Waals surface area contributed by atoms with Crippen LogP contribution in [0.25, 0.3) is 6.08 Å². The molecule has 0 aromatic heterocycles. The minimum Gasteiger partial charge on any atom is -0.482 e. The highest BCUT2D eigenvalue weighted by Gasteiger charge is 2.30. The average Bonchev–Trinajstić information content (AvgIpc) is 2.42.